The van der Waals surface area contributed by atoms with Crippen LogP contribution in [0.4, 0.5) is 11.4 Å². The van der Waals surface area contributed by atoms with Crippen LogP contribution in [0, 0.1) is 0 Å². The Labute approximate surface area is 288 Å². The molecule has 14 heteroatoms. The third-order valence-electron chi connectivity index (χ3n) is 6.50. The van der Waals surface area contributed by atoms with Crippen LogP contribution in [0.5, 0.6) is 0 Å². The fourth-order valence-corrected chi connectivity index (χ4v) is 4.07. The van der Waals surface area contributed by atoms with Crippen LogP contribution < -0.4 is 16.4 Å². The van der Waals surface area contributed by atoms with E-state index in [1.807, 2.05) is 20.8 Å². The molecule has 0 spiro atoms. The van der Waals surface area contributed by atoms with E-state index in [9.17, 15) is 14.4 Å². The summed E-state index contributed by atoms with van der Waals surface area (Å²) in [5.41, 5.74) is 8.86. The molecule has 2 aromatic heterocycles. The summed E-state index contributed by atoms with van der Waals surface area (Å²) in [5, 5.41) is 14.3. The van der Waals surface area contributed by atoms with Crippen LogP contribution in [0.2, 0.25) is 0 Å². The van der Waals surface area contributed by atoms with Gasteiger partial charge in [0.1, 0.15) is 0 Å². The monoisotopic (exact) mass is 681 g/mol. The van der Waals surface area contributed by atoms with Gasteiger partial charge in [0.2, 0.25) is 0 Å². The largest absolute Gasteiger partial charge is 0.399 e. The van der Waals surface area contributed by atoms with Crippen LogP contribution in [0.15, 0.2) is 54.7 Å². The minimum atomic E-state index is -0.390. The first kappa shape index (κ1) is 40.5. The molecule has 2 aromatic carbocycles. The highest BCUT2D eigenvalue weighted by Gasteiger charge is 2.12. The molecule has 0 bridgehead atoms. The summed E-state index contributed by atoms with van der Waals surface area (Å²) in [6.07, 6.45) is 2.68. The van der Waals surface area contributed by atoms with Gasteiger partial charge in [-0.05, 0) is 61.9 Å². The second kappa shape index (κ2) is 23.7. The molecule has 0 aliphatic rings. The van der Waals surface area contributed by atoms with Gasteiger partial charge in [0.25, 0.3) is 11.8 Å². The van der Waals surface area contributed by atoms with Gasteiger partial charge in [-0.1, -0.05) is 26.0 Å². The topological polar surface area (TPSA) is 185 Å². The quantitative estimate of drug-likeness (QED) is 0.0613. The second-order valence-electron chi connectivity index (χ2n) is 10.3. The Bertz CT molecular complexity index is 1530. The first-order chi connectivity index (χ1) is 23.8. The molecule has 0 aliphatic heterocycles. The van der Waals surface area contributed by atoms with Crippen LogP contribution in [0.25, 0.3) is 10.9 Å². The number of ether oxygens (including phenoxy) is 4. The number of nitrogens with two attached hydrogens (primary N) is 1. The molecular weight excluding hydrogens is 630 g/mol. The van der Waals surface area contributed by atoms with Crippen molar-refractivity contribution in [2.75, 3.05) is 70.5 Å². The molecular formula is C35H51N7O7. The lowest BCUT2D eigenvalue weighted by atomic mass is 10.2. The van der Waals surface area contributed by atoms with Crippen molar-refractivity contribution < 1.29 is 33.3 Å². The maximum atomic E-state index is 12.6. The standard InChI is InChI=1S/C28H33N7O6.C5H12O.C2H6/c1-19(36)25-17-21-16-23(6-7-24(21)32-25)31-28(38)26-18-35(34-33-26)9-11-40-13-15-41-14-12-39-10-8-30-27(37)20-2-4-22(29)5-3-20;1-3-5-6-4-2;1-2/h2-7,16-18,32H,8-15,29H2,1H3,(H,30,37)(H,31,38);3-5H2,1-2H3;1-2H3. The number of rotatable bonds is 19. The van der Waals surface area contributed by atoms with Crippen molar-refractivity contribution in [1.82, 2.24) is 25.3 Å². The Morgan fingerprint density at radius 3 is 2.14 bits per heavy atom. The van der Waals surface area contributed by atoms with Crippen LogP contribution in [0.1, 0.15) is 72.4 Å². The Morgan fingerprint density at radius 2 is 1.51 bits per heavy atom. The molecule has 0 atom stereocenters. The molecule has 4 rings (SSSR count). The molecule has 14 nitrogen and oxygen atoms in total. The summed E-state index contributed by atoms with van der Waals surface area (Å²) in [7, 11) is 0. The second-order valence-corrected chi connectivity index (χ2v) is 10.3. The van der Waals surface area contributed by atoms with E-state index in [1.165, 1.54) is 11.6 Å². The number of amides is 2. The molecule has 0 radical (unpaired) electrons. The minimum Gasteiger partial charge on any atom is -0.399 e. The van der Waals surface area contributed by atoms with Gasteiger partial charge in [-0.2, -0.15) is 0 Å². The van der Waals surface area contributed by atoms with Gasteiger partial charge in [-0.25, -0.2) is 4.68 Å². The number of nitrogens with one attached hydrogen (secondary N) is 3. The zero-order valence-electron chi connectivity index (χ0n) is 29.3. The number of aromatic amines is 1. The molecule has 0 fully saturated rings. The van der Waals surface area contributed by atoms with Crippen LogP contribution in [-0.4, -0.2) is 97.0 Å². The van der Waals surface area contributed by atoms with E-state index in [-0.39, 0.29) is 17.4 Å². The van der Waals surface area contributed by atoms with Crippen LogP contribution in [0.3, 0.4) is 0 Å². The summed E-state index contributed by atoms with van der Waals surface area (Å²) >= 11 is 0. The molecule has 5 N–H and O–H groups in total. The van der Waals surface area contributed by atoms with Gasteiger partial charge >= 0.3 is 0 Å². The maximum Gasteiger partial charge on any atom is 0.277 e. The first-order valence-corrected chi connectivity index (χ1v) is 16.6. The van der Waals surface area contributed by atoms with E-state index in [0.717, 1.165) is 30.5 Å². The predicted molar refractivity (Wildman–Crippen MR) is 190 cm³/mol. The van der Waals surface area contributed by atoms with E-state index < -0.39 is 5.91 Å². The number of nitrogen functional groups attached to an aromatic ring is 1. The number of Topliss-reactive ketones (excluding diaryl/α,β-unsaturated/α-hetero) is 1. The average molecular weight is 682 g/mol. The number of fused-ring (bicyclic) bond motifs is 1. The van der Waals surface area contributed by atoms with E-state index in [4.69, 9.17) is 24.7 Å². The minimum absolute atomic E-state index is 0.0587. The zero-order valence-corrected chi connectivity index (χ0v) is 29.3. The van der Waals surface area contributed by atoms with Gasteiger partial charge in [-0.3, -0.25) is 14.4 Å². The van der Waals surface area contributed by atoms with Crippen molar-refractivity contribution >= 4 is 39.9 Å². The summed E-state index contributed by atoms with van der Waals surface area (Å²) in [4.78, 5) is 39.1. The summed E-state index contributed by atoms with van der Waals surface area (Å²) in [6.45, 7) is 14.6. The Kier molecular flexibility index (Phi) is 19.6. The number of aromatic nitrogens is 4. The third-order valence-corrected chi connectivity index (χ3v) is 6.50. The highest BCUT2D eigenvalue weighted by Crippen LogP contribution is 2.21. The molecule has 0 saturated heterocycles. The third kappa shape index (κ3) is 15.4. The lowest BCUT2D eigenvalue weighted by Gasteiger charge is -2.08. The Balaban J connectivity index is 0.000000940. The number of nitrogens with zero attached hydrogens (tertiary/aromatic N) is 3. The lowest BCUT2D eigenvalue weighted by molar-refractivity contribution is 0.0133. The van der Waals surface area contributed by atoms with Crippen molar-refractivity contribution in [3.63, 3.8) is 0 Å². The summed E-state index contributed by atoms with van der Waals surface area (Å²) < 4.78 is 23.0. The summed E-state index contributed by atoms with van der Waals surface area (Å²) in [6, 6.07) is 13.8. The summed E-state index contributed by atoms with van der Waals surface area (Å²) in [5.74, 6) is -0.626. The average Bonchev–Trinajstić information content (AvgIpc) is 3.77. The number of carbonyl (C=O) groups is 3. The normalized spacial score (nSPS) is 10.5. The fourth-order valence-electron chi connectivity index (χ4n) is 4.07. The first-order valence-electron chi connectivity index (χ1n) is 16.6. The highest BCUT2D eigenvalue weighted by molar-refractivity contribution is 6.04. The molecule has 0 saturated carbocycles. The number of ketones is 1. The molecule has 2 amide bonds. The van der Waals surface area contributed by atoms with E-state index in [1.54, 1.807) is 54.7 Å². The lowest BCUT2D eigenvalue weighted by Crippen LogP contribution is -2.27. The molecule has 268 valence electrons. The van der Waals surface area contributed by atoms with E-state index in [0.29, 0.717) is 75.4 Å². The fraction of sp³-hybridized carbons (Fsp3) is 0.457. The zero-order chi connectivity index (χ0) is 35.9. The van der Waals surface area contributed by atoms with Crippen molar-refractivity contribution in [3.05, 3.63) is 71.7 Å². The maximum absolute atomic E-state index is 12.6. The van der Waals surface area contributed by atoms with Gasteiger partial charge in [0, 0.05) is 54.5 Å². The number of anilines is 2. The highest BCUT2D eigenvalue weighted by atomic mass is 16.5. The Hall–Kier alpha value is -4.63. The number of H-pyrrole nitrogens is 1. The smallest absolute Gasteiger partial charge is 0.277 e. The van der Waals surface area contributed by atoms with Gasteiger partial charge in [-0.15, -0.1) is 5.10 Å². The number of carbonyl (C=O) groups excluding carboxylic acids is 3. The molecule has 2 heterocycles. The predicted octanol–water partition coefficient (Wildman–Crippen LogP) is 4.74. The van der Waals surface area contributed by atoms with Crippen LogP contribution >= 0.6 is 0 Å². The van der Waals surface area contributed by atoms with Crippen molar-refractivity contribution in [2.24, 2.45) is 0 Å². The SMILES string of the molecule is CC.CC(=O)c1cc2cc(NC(=O)c3cn(CCOCCOCCOCCNC(=O)c4ccc(N)cc4)nn3)ccc2[nH]1.CCCOCC. The van der Waals surface area contributed by atoms with Crippen molar-refractivity contribution in [1.29, 1.82) is 0 Å². The van der Waals surface area contributed by atoms with Crippen molar-refractivity contribution in [2.45, 2.75) is 47.6 Å². The Morgan fingerprint density at radius 1 is 0.837 bits per heavy atom. The molecule has 0 aliphatic carbocycles. The molecule has 4 aromatic rings. The van der Waals surface area contributed by atoms with Gasteiger partial charge < -0.3 is 40.3 Å². The number of hydrogen-bond donors (Lipinski definition) is 4. The number of hydrogen-bond acceptors (Lipinski definition) is 10. The van der Waals surface area contributed by atoms with Crippen molar-refractivity contribution in [3.8, 4) is 0 Å². The van der Waals surface area contributed by atoms with E-state index in [2.05, 4.69) is 32.9 Å². The van der Waals surface area contributed by atoms with Gasteiger partial charge in [0.15, 0.2) is 11.5 Å². The molecule has 49 heavy (non-hydrogen) atoms. The van der Waals surface area contributed by atoms with E-state index >= 15 is 0 Å². The molecule has 0 unspecified atom stereocenters. The van der Waals surface area contributed by atoms with Crippen LogP contribution in [-0.2, 0) is 25.5 Å². The number of benzene rings is 2. The van der Waals surface area contributed by atoms with Gasteiger partial charge in [0.05, 0.1) is 58.1 Å².